The molecule has 0 saturated carbocycles. The van der Waals surface area contributed by atoms with Crippen molar-refractivity contribution in [2.75, 3.05) is 13.1 Å². The van der Waals surface area contributed by atoms with Crippen LogP contribution in [0.2, 0.25) is 0 Å². The Morgan fingerprint density at radius 2 is 1.82 bits per heavy atom. The predicted molar refractivity (Wildman–Crippen MR) is 70.8 cm³/mol. The van der Waals surface area contributed by atoms with Gasteiger partial charge in [0.2, 0.25) is 0 Å². The van der Waals surface area contributed by atoms with Crippen LogP contribution in [0.4, 0.5) is 0 Å². The van der Waals surface area contributed by atoms with Crippen molar-refractivity contribution in [3.63, 3.8) is 0 Å². The van der Waals surface area contributed by atoms with Crippen LogP contribution in [-0.2, 0) is 5.54 Å². The summed E-state index contributed by atoms with van der Waals surface area (Å²) in [5.74, 6) is 0. The maximum atomic E-state index is 6.79. The van der Waals surface area contributed by atoms with Gasteiger partial charge in [-0.2, -0.15) is 0 Å². The van der Waals surface area contributed by atoms with Crippen molar-refractivity contribution >= 4 is 0 Å². The molecule has 0 bridgehead atoms. The molecule has 0 radical (unpaired) electrons. The molecule has 1 aromatic rings. The van der Waals surface area contributed by atoms with Gasteiger partial charge in [-0.15, -0.1) is 0 Å². The zero-order chi connectivity index (χ0) is 11.7. The Bertz CT molecular complexity index is 374. The fraction of sp³-hybridized carbons (Fsp3) is 0.600. The molecular weight excluding hydrogens is 208 g/mol. The van der Waals surface area contributed by atoms with Crippen molar-refractivity contribution < 1.29 is 0 Å². The van der Waals surface area contributed by atoms with Gasteiger partial charge in [-0.3, -0.25) is 4.90 Å². The van der Waals surface area contributed by atoms with Crippen molar-refractivity contribution in [2.24, 2.45) is 5.73 Å². The SMILES string of the molecule is N[C@]1(c2ccccc2)CCCN2CCCC[C@@H]21. The third-order valence-electron chi connectivity index (χ3n) is 4.56. The van der Waals surface area contributed by atoms with Crippen LogP contribution in [0.3, 0.4) is 0 Å². The second-order valence-corrected chi connectivity index (χ2v) is 5.56. The first-order chi connectivity index (χ1) is 8.31. The van der Waals surface area contributed by atoms with E-state index >= 15 is 0 Å². The molecule has 2 nitrogen and oxygen atoms in total. The van der Waals surface area contributed by atoms with Gasteiger partial charge in [0.15, 0.2) is 0 Å². The molecule has 2 aliphatic heterocycles. The number of hydrogen-bond donors (Lipinski definition) is 1. The zero-order valence-corrected chi connectivity index (χ0v) is 10.4. The van der Waals surface area contributed by atoms with Gasteiger partial charge in [0.05, 0.1) is 5.54 Å². The molecule has 0 aromatic heterocycles. The molecule has 2 heteroatoms. The van der Waals surface area contributed by atoms with Crippen molar-refractivity contribution in [3.05, 3.63) is 35.9 Å². The third kappa shape index (κ3) is 1.90. The van der Waals surface area contributed by atoms with Crippen molar-refractivity contribution in [3.8, 4) is 0 Å². The minimum absolute atomic E-state index is 0.111. The van der Waals surface area contributed by atoms with Crippen LogP contribution in [0.25, 0.3) is 0 Å². The summed E-state index contributed by atoms with van der Waals surface area (Å²) in [4.78, 5) is 2.62. The molecule has 1 aromatic carbocycles. The second kappa shape index (κ2) is 4.43. The molecule has 2 N–H and O–H groups in total. The highest BCUT2D eigenvalue weighted by Gasteiger charge is 2.43. The standard InChI is InChI=1S/C15H22N2/c16-15(13-7-2-1-3-8-13)10-6-12-17-11-5-4-9-14(15)17/h1-3,7-8,14H,4-6,9-12,16H2/t14-,15+/m1/s1. The molecule has 0 spiro atoms. The summed E-state index contributed by atoms with van der Waals surface area (Å²) in [5, 5.41) is 0. The average Bonchev–Trinajstić information content (AvgIpc) is 2.40. The molecule has 0 unspecified atom stereocenters. The van der Waals surface area contributed by atoms with Crippen LogP contribution in [0.5, 0.6) is 0 Å². The first-order valence-corrected chi connectivity index (χ1v) is 6.89. The molecule has 17 heavy (non-hydrogen) atoms. The summed E-state index contributed by atoms with van der Waals surface area (Å²) in [6, 6.07) is 11.3. The minimum atomic E-state index is -0.111. The van der Waals surface area contributed by atoms with Crippen LogP contribution in [-0.4, -0.2) is 24.0 Å². The topological polar surface area (TPSA) is 29.3 Å². The lowest BCUT2D eigenvalue weighted by Crippen LogP contribution is -2.61. The van der Waals surface area contributed by atoms with E-state index in [1.807, 2.05) is 0 Å². The summed E-state index contributed by atoms with van der Waals surface area (Å²) in [6.07, 6.45) is 6.33. The molecule has 0 aliphatic carbocycles. The maximum absolute atomic E-state index is 6.79. The van der Waals surface area contributed by atoms with Crippen LogP contribution in [0, 0.1) is 0 Å². The first kappa shape index (κ1) is 11.2. The van der Waals surface area contributed by atoms with Gasteiger partial charge in [0, 0.05) is 6.04 Å². The summed E-state index contributed by atoms with van der Waals surface area (Å²) < 4.78 is 0. The van der Waals surface area contributed by atoms with Gasteiger partial charge >= 0.3 is 0 Å². The van der Waals surface area contributed by atoms with Crippen LogP contribution >= 0.6 is 0 Å². The van der Waals surface area contributed by atoms with Gasteiger partial charge in [-0.1, -0.05) is 36.8 Å². The number of benzene rings is 1. The fourth-order valence-corrected chi connectivity index (χ4v) is 3.67. The van der Waals surface area contributed by atoms with Crippen LogP contribution in [0.1, 0.15) is 37.7 Å². The van der Waals surface area contributed by atoms with Crippen molar-refractivity contribution in [1.82, 2.24) is 4.90 Å². The minimum Gasteiger partial charge on any atom is -0.320 e. The highest BCUT2D eigenvalue weighted by Crippen LogP contribution is 2.38. The summed E-state index contributed by atoms with van der Waals surface area (Å²) in [6.45, 7) is 2.49. The van der Waals surface area contributed by atoms with E-state index in [0.29, 0.717) is 6.04 Å². The number of rotatable bonds is 1. The van der Waals surface area contributed by atoms with Crippen molar-refractivity contribution in [2.45, 2.75) is 43.7 Å². The Hall–Kier alpha value is -0.860. The van der Waals surface area contributed by atoms with Gasteiger partial charge in [0.25, 0.3) is 0 Å². The van der Waals surface area contributed by atoms with Crippen molar-refractivity contribution in [1.29, 1.82) is 0 Å². The molecule has 0 amide bonds. The van der Waals surface area contributed by atoms with E-state index in [2.05, 4.69) is 35.2 Å². The van der Waals surface area contributed by atoms with Gasteiger partial charge in [0.1, 0.15) is 0 Å². The molecule has 2 saturated heterocycles. The van der Waals surface area contributed by atoms with E-state index in [4.69, 9.17) is 5.73 Å². The van der Waals surface area contributed by atoms with Gasteiger partial charge in [-0.05, 0) is 44.3 Å². The second-order valence-electron chi connectivity index (χ2n) is 5.56. The van der Waals surface area contributed by atoms with Crippen LogP contribution < -0.4 is 5.73 Å². The number of nitrogens with zero attached hydrogens (tertiary/aromatic N) is 1. The first-order valence-electron chi connectivity index (χ1n) is 6.89. The monoisotopic (exact) mass is 230 g/mol. The van der Waals surface area contributed by atoms with E-state index in [0.717, 1.165) is 6.42 Å². The Kier molecular flexibility index (Phi) is 2.93. The van der Waals surface area contributed by atoms with Gasteiger partial charge in [-0.25, -0.2) is 0 Å². The Labute approximate surface area is 104 Å². The smallest absolute Gasteiger partial charge is 0.0567 e. The lowest BCUT2D eigenvalue weighted by molar-refractivity contribution is 0.0385. The zero-order valence-electron chi connectivity index (χ0n) is 10.4. The molecular formula is C15H22N2. The summed E-state index contributed by atoms with van der Waals surface area (Å²) >= 11 is 0. The number of piperidine rings is 2. The largest absolute Gasteiger partial charge is 0.320 e. The molecule has 2 aliphatic rings. The number of fused-ring (bicyclic) bond motifs is 1. The Balaban J connectivity index is 1.94. The van der Waals surface area contributed by atoms with E-state index < -0.39 is 0 Å². The molecule has 2 fully saturated rings. The third-order valence-corrected chi connectivity index (χ3v) is 4.56. The number of nitrogens with two attached hydrogens (primary N) is 1. The normalized spacial score (nSPS) is 34.3. The quantitative estimate of drug-likeness (QED) is 0.803. The molecule has 2 atom stereocenters. The Morgan fingerprint density at radius 3 is 2.65 bits per heavy atom. The lowest BCUT2D eigenvalue weighted by Gasteiger charge is -2.50. The van der Waals surface area contributed by atoms with E-state index in [1.54, 1.807) is 0 Å². The maximum Gasteiger partial charge on any atom is 0.0567 e. The summed E-state index contributed by atoms with van der Waals surface area (Å²) in [7, 11) is 0. The highest BCUT2D eigenvalue weighted by atomic mass is 15.2. The average molecular weight is 230 g/mol. The van der Waals surface area contributed by atoms with E-state index in [1.165, 1.54) is 44.3 Å². The fourth-order valence-electron chi connectivity index (χ4n) is 3.67. The van der Waals surface area contributed by atoms with E-state index in [-0.39, 0.29) is 5.54 Å². The summed E-state index contributed by atoms with van der Waals surface area (Å²) in [5.41, 5.74) is 8.01. The van der Waals surface area contributed by atoms with E-state index in [9.17, 15) is 0 Å². The molecule has 3 rings (SSSR count). The number of hydrogen-bond acceptors (Lipinski definition) is 2. The lowest BCUT2D eigenvalue weighted by atomic mass is 9.73. The molecule has 2 heterocycles. The molecule has 92 valence electrons. The highest BCUT2D eigenvalue weighted by molar-refractivity contribution is 5.27. The predicted octanol–water partition coefficient (Wildman–Crippen LogP) is 2.49. The van der Waals surface area contributed by atoms with Crippen LogP contribution in [0.15, 0.2) is 30.3 Å². The van der Waals surface area contributed by atoms with Gasteiger partial charge < -0.3 is 5.73 Å². The Morgan fingerprint density at radius 1 is 1.06 bits per heavy atom.